The fraction of sp³-hybridized carbons (Fsp3) is 0.400. The van der Waals surface area contributed by atoms with Crippen molar-refractivity contribution in [3.05, 3.63) is 29.8 Å². The molecule has 2 nitrogen and oxygen atoms in total. The summed E-state index contributed by atoms with van der Waals surface area (Å²) < 4.78 is 53.4. The monoisotopic (exact) mass is 237 g/mol. The largest absolute Gasteiger partial charge is 0.434 e. The van der Waals surface area contributed by atoms with Crippen LogP contribution in [0.25, 0.3) is 0 Å². The lowest BCUT2D eigenvalue weighted by atomic mass is 10.1. The summed E-state index contributed by atoms with van der Waals surface area (Å²) in [5, 5.41) is 2.36. The van der Waals surface area contributed by atoms with Crippen LogP contribution >= 0.6 is 0 Å². The van der Waals surface area contributed by atoms with Crippen LogP contribution in [0.2, 0.25) is 0 Å². The highest BCUT2D eigenvalue weighted by molar-refractivity contribution is 5.36. The minimum atomic E-state index is -3.03. The van der Waals surface area contributed by atoms with E-state index in [1.807, 2.05) is 0 Å². The topological polar surface area (TPSA) is 21.3 Å². The summed E-state index contributed by atoms with van der Waals surface area (Å²) >= 11 is 0. The van der Waals surface area contributed by atoms with Crippen molar-refractivity contribution in [1.82, 2.24) is 5.32 Å². The van der Waals surface area contributed by atoms with Crippen LogP contribution in [0.5, 0.6) is 5.75 Å². The van der Waals surface area contributed by atoms with Crippen molar-refractivity contribution in [2.75, 3.05) is 7.05 Å². The number of hydrogen-bond donors (Lipinski definition) is 1. The average molecular weight is 237 g/mol. The summed E-state index contributed by atoms with van der Waals surface area (Å²) in [6, 6.07) is 4.16. The first kappa shape index (κ1) is 12.8. The van der Waals surface area contributed by atoms with E-state index in [1.54, 1.807) is 0 Å². The van der Waals surface area contributed by atoms with Crippen LogP contribution in [0, 0.1) is 0 Å². The Morgan fingerprint density at radius 2 is 1.75 bits per heavy atom. The summed E-state index contributed by atoms with van der Waals surface area (Å²) in [4.78, 5) is 0. The zero-order chi connectivity index (χ0) is 12.1. The van der Waals surface area contributed by atoms with Crippen molar-refractivity contribution in [2.45, 2.75) is 19.1 Å². The Hall–Kier alpha value is -1.30. The number of ether oxygens (including phenoxy) is 1. The molecule has 0 radical (unpaired) electrons. The maximum Gasteiger partial charge on any atom is 0.387 e. The lowest BCUT2D eigenvalue weighted by Crippen LogP contribution is -2.24. The Bertz CT molecular complexity index is 332. The first-order valence-electron chi connectivity index (χ1n) is 4.55. The second-order valence-corrected chi connectivity index (χ2v) is 3.02. The molecule has 0 spiro atoms. The second kappa shape index (κ2) is 5.69. The lowest BCUT2D eigenvalue weighted by molar-refractivity contribution is -0.0514. The van der Waals surface area contributed by atoms with Gasteiger partial charge in [-0.25, -0.2) is 8.78 Å². The molecule has 0 saturated heterocycles. The van der Waals surface area contributed by atoms with E-state index < -0.39 is 19.1 Å². The van der Waals surface area contributed by atoms with Crippen LogP contribution in [0.3, 0.4) is 0 Å². The smallest absolute Gasteiger partial charge is 0.387 e. The molecule has 0 saturated carbocycles. The molecule has 0 heterocycles. The number of nitrogens with one attached hydrogen (secondary N) is 1. The van der Waals surface area contributed by atoms with Crippen molar-refractivity contribution in [2.24, 2.45) is 0 Å². The summed E-state index contributed by atoms with van der Waals surface area (Å²) in [6.45, 7) is -3.03. The molecule has 0 amide bonds. The van der Waals surface area contributed by atoms with Gasteiger partial charge in [-0.05, 0) is 13.1 Å². The van der Waals surface area contributed by atoms with Crippen molar-refractivity contribution in [3.63, 3.8) is 0 Å². The number of halogens is 4. The van der Waals surface area contributed by atoms with E-state index in [-0.39, 0.29) is 11.3 Å². The molecule has 0 aromatic heterocycles. The Labute approximate surface area is 90.2 Å². The molecular formula is C10H11F4NO. The quantitative estimate of drug-likeness (QED) is 0.795. The third-order valence-electron chi connectivity index (χ3n) is 2.03. The molecule has 1 rings (SSSR count). The van der Waals surface area contributed by atoms with Gasteiger partial charge in [0.2, 0.25) is 0 Å². The van der Waals surface area contributed by atoms with Gasteiger partial charge < -0.3 is 10.1 Å². The third kappa shape index (κ3) is 3.10. The molecule has 0 aliphatic carbocycles. The maximum absolute atomic E-state index is 12.6. The van der Waals surface area contributed by atoms with Crippen molar-refractivity contribution in [1.29, 1.82) is 0 Å². The fourth-order valence-corrected chi connectivity index (χ4v) is 1.36. The maximum atomic E-state index is 12.6. The zero-order valence-corrected chi connectivity index (χ0v) is 8.46. The number of alkyl halides is 4. The molecule has 0 aliphatic heterocycles. The van der Waals surface area contributed by atoms with Gasteiger partial charge in [0.15, 0.2) is 0 Å². The van der Waals surface area contributed by atoms with Gasteiger partial charge in [0, 0.05) is 5.56 Å². The first-order chi connectivity index (χ1) is 7.56. The minimum Gasteiger partial charge on any atom is -0.434 e. The molecule has 1 aromatic carbocycles. The molecule has 0 aliphatic rings. The molecule has 90 valence electrons. The van der Waals surface area contributed by atoms with E-state index in [0.717, 1.165) is 0 Å². The molecule has 1 unspecified atom stereocenters. The van der Waals surface area contributed by atoms with E-state index in [0.29, 0.717) is 0 Å². The van der Waals surface area contributed by atoms with E-state index in [1.165, 1.54) is 31.3 Å². The highest BCUT2D eigenvalue weighted by Crippen LogP contribution is 2.29. The molecule has 1 atom stereocenters. The van der Waals surface area contributed by atoms with Crippen LogP contribution in [0.15, 0.2) is 24.3 Å². The number of para-hydroxylation sites is 1. The molecule has 0 bridgehead atoms. The van der Waals surface area contributed by atoms with Gasteiger partial charge in [-0.2, -0.15) is 8.78 Å². The molecule has 1 aromatic rings. The van der Waals surface area contributed by atoms with Crippen LogP contribution in [0.1, 0.15) is 11.6 Å². The molecule has 0 fully saturated rings. The first-order valence-corrected chi connectivity index (χ1v) is 4.55. The van der Waals surface area contributed by atoms with Gasteiger partial charge in [-0.15, -0.1) is 0 Å². The van der Waals surface area contributed by atoms with E-state index in [2.05, 4.69) is 10.1 Å². The summed E-state index contributed by atoms with van der Waals surface area (Å²) in [6.07, 6.45) is -2.70. The standard InChI is InChI=1S/C10H11F4NO/c1-15-8(9(11)12)6-4-2-3-5-7(6)16-10(13)14/h2-5,8-10,15H,1H3. The van der Waals surface area contributed by atoms with Crippen LogP contribution in [-0.4, -0.2) is 20.1 Å². The van der Waals surface area contributed by atoms with Crippen molar-refractivity contribution in [3.8, 4) is 5.75 Å². The Balaban J connectivity index is 3.01. The highest BCUT2D eigenvalue weighted by Gasteiger charge is 2.24. The number of benzene rings is 1. The third-order valence-corrected chi connectivity index (χ3v) is 2.03. The molecule has 16 heavy (non-hydrogen) atoms. The molecule has 6 heteroatoms. The van der Waals surface area contributed by atoms with Crippen LogP contribution < -0.4 is 10.1 Å². The number of hydrogen-bond acceptors (Lipinski definition) is 2. The van der Waals surface area contributed by atoms with Crippen molar-refractivity contribution < 1.29 is 22.3 Å². The van der Waals surface area contributed by atoms with E-state index >= 15 is 0 Å². The predicted octanol–water partition coefficient (Wildman–Crippen LogP) is 2.81. The Morgan fingerprint density at radius 1 is 1.12 bits per heavy atom. The Kier molecular flexibility index (Phi) is 4.54. The van der Waals surface area contributed by atoms with Gasteiger partial charge in [-0.1, -0.05) is 18.2 Å². The van der Waals surface area contributed by atoms with E-state index in [4.69, 9.17) is 0 Å². The minimum absolute atomic E-state index is 0.0142. The molecule has 1 N–H and O–H groups in total. The van der Waals surface area contributed by atoms with Gasteiger partial charge in [0.25, 0.3) is 6.43 Å². The van der Waals surface area contributed by atoms with E-state index in [9.17, 15) is 17.6 Å². The van der Waals surface area contributed by atoms with Gasteiger partial charge in [0.05, 0.1) is 6.04 Å². The highest BCUT2D eigenvalue weighted by atomic mass is 19.3. The van der Waals surface area contributed by atoms with Crippen LogP contribution in [-0.2, 0) is 0 Å². The van der Waals surface area contributed by atoms with Gasteiger partial charge in [-0.3, -0.25) is 0 Å². The SMILES string of the molecule is CNC(c1ccccc1OC(F)F)C(F)F. The average Bonchev–Trinajstić information content (AvgIpc) is 2.20. The second-order valence-electron chi connectivity index (χ2n) is 3.02. The van der Waals surface area contributed by atoms with Crippen molar-refractivity contribution >= 4 is 0 Å². The Morgan fingerprint density at radius 3 is 2.25 bits per heavy atom. The van der Waals surface area contributed by atoms with Crippen LogP contribution in [0.4, 0.5) is 17.6 Å². The summed E-state index contributed by atoms with van der Waals surface area (Å²) in [5.41, 5.74) is 0.0142. The molecular weight excluding hydrogens is 226 g/mol. The number of rotatable bonds is 5. The predicted molar refractivity (Wildman–Crippen MR) is 50.9 cm³/mol. The summed E-state index contributed by atoms with van der Waals surface area (Å²) in [5.74, 6) is -0.239. The van der Waals surface area contributed by atoms with Gasteiger partial charge in [0.1, 0.15) is 5.75 Å². The summed E-state index contributed by atoms with van der Waals surface area (Å²) in [7, 11) is 1.33. The lowest BCUT2D eigenvalue weighted by Gasteiger charge is -2.18. The zero-order valence-electron chi connectivity index (χ0n) is 8.46. The normalized spacial score (nSPS) is 13.2. The van der Waals surface area contributed by atoms with Gasteiger partial charge >= 0.3 is 6.61 Å². The fourth-order valence-electron chi connectivity index (χ4n) is 1.36.